The highest BCUT2D eigenvalue weighted by Crippen LogP contribution is 2.38. The molecule has 6 heteroatoms. The minimum atomic E-state index is -0.236. The predicted molar refractivity (Wildman–Crippen MR) is 111 cm³/mol. The largest absolute Gasteiger partial charge is 0.497 e. The fourth-order valence-corrected chi connectivity index (χ4v) is 3.95. The van der Waals surface area contributed by atoms with Crippen LogP contribution >= 0.6 is 0 Å². The van der Waals surface area contributed by atoms with Crippen molar-refractivity contribution in [2.24, 2.45) is 0 Å². The molecule has 1 heterocycles. The van der Waals surface area contributed by atoms with E-state index in [9.17, 15) is 9.59 Å². The second-order valence-corrected chi connectivity index (χ2v) is 7.41. The fraction of sp³-hybridized carbons (Fsp3) is 0.391. The van der Waals surface area contributed by atoms with E-state index in [4.69, 9.17) is 9.47 Å². The zero-order chi connectivity index (χ0) is 21.0. The lowest BCUT2D eigenvalue weighted by molar-refractivity contribution is -0.131. The number of hydrogen-bond acceptors (Lipinski definition) is 4. The van der Waals surface area contributed by atoms with Crippen LogP contribution in [0.1, 0.15) is 45.9 Å². The van der Waals surface area contributed by atoms with Crippen molar-refractivity contribution >= 4 is 11.8 Å². The molecule has 2 aromatic carbocycles. The van der Waals surface area contributed by atoms with Crippen LogP contribution in [0.4, 0.5) is 0 Å². The van der Waals surface area contributed by atoms with Crippen LogP contribution in [0, 0.1) is 13.8 Å². The van der Waals surface area contributed by atoms with Crippen molar-refractivity contribution in [3.63, 3.8) is 0 Å². The number of benzene rings is 2. The highest BCUT2D eigenvalue weighted by Gasteiger charge is 2.32. The molecule has 1 N–H and O–H groups in total. The summed E-state index contributed by atoms with van der Waals surface area (Å²) in [6, 6.07) is 11.2. The number of hydrogen-bond donors (Lipinski definition) is 1. The minimum absolute atomic E-state index is 0.0331. The van der Waals surface area contributed by atoms with E-state index < -0.39 is 0 Å². The highest BCUT2D eigenvalue weighted by molar-refractivity contribution is 5.96. The molecule has 0 saturated carbocycles. The first kappa shape index (κ1) is 20.7. The smallest absolute Gasteiger partial charge is 0.251 e. The van der Waals surface area contributed by atoms with Crippen LogP contribution in [0.25, 0.3) is 0 Å². The zero-order valence-electron chi connectivity index (χ0n) is 17.5. The molecule has 1 fully saturated rings. The van der Waals surface area contributed by atoms with Crippen LogP contribution < -0.4 is 14.8 Å². The third-order valence-corrected chi connectivity index (χ3v) is 5.25. The van der Waals surface area contributed by atoms with E-state index in [1.165, 1.54) is 0 Å². The molecular weight excluding hydrogens is 368 g/mol. The average molecular weight is 396 g/mol. The van der Waals surface area contributed by atoms with Gasteiger partial charge < -0.3 is 19.7 Å². The van der Waals surface area contributed by atoms with Crippen molar-refractivity contribution in [2.45, 2.75) is 32.7 Å². The van der Waals surface area contributed by atoms with E-state index in [2.05, 4.69) is 5.32 Å². The van der Waals surface area contributed by atoms with Gasteiger partial charge in [-0.15, -0.1) is 0 Å². The molecule has 1 unspecified atom stereocenters. The van der Waals surface area contributed by atoms with E-state index in [0.717, 1.165) is 41.0 Å². The molecule has 2 aromatic rings. The number of amides is 2. The van der Waals surface area contributed by atoms with Crippen molar-refractivity contribution in [1.82, 2.24) is 10.2 Å². The van der Waals surface area contributed by atoms with Gasteiger partial charge in [-0.1, -0.05) is 17.2 Å². The second kappa shape index (κ2) is 8.99. The van der Waals surface area contributed by atoms with Crippen molar-refractivity contribution in [2.75, 3.05) is 27.3 Å². The molecule has 6 nitrogen and oxygen atoms in total. The predicted octanol–water partition coefficient (Wildman–Crippen LogP) is 3.41. The first-order valence-electron chi connectivity index (χ1n) is 9.81. The number of carbonyl (C=O) groups excluding carboxylic acids is 2. The van der Waals surface area contributed by atoms with Gasteiger partial charge in [0.15, 0.2) is 0 Å². The second-order valence-electron chi connectivity index (χ2n) is 7.41. The lowest BCUT2D eigenvalue weighted by Crippen LogP contribution is -2.40. The number of likely N-dealkylation sites (tertiary alicyclic amines) is 1. The number of methoxy groups -OCH3 is 2. The highest BCUT2D eigenvalue weighted by atomic mass is 16.5. The van der Waals surface area contributed by atoms with E-state index >= 15 is 0 Å². The maximum atomic E-state index is 12.9. The maximum absolute atomic E-state index is 12.9. The Morgan fingerprint density at radius 1 is 1.07 bits per heavy atom. The molecule has 0 aliphatic carbocycles. The quantitative estimate of drug-likeness (QED) is 0.813. The molecule has 1 atom stereocenters. The van der Waals surface area contributed by atoms with Crippen molar-refractivity contribution in [1.29, 1.82) is 0 Å². The summed E-state index contributed by atoms with van der Waals surface area (Å²) in [7, 11) is 3.24. The molecule has 0 spiro atoms. The third-order valence-electron chi connectivity index (χ3n) is 5.25. The molecule has 3 rings (SSSR count). The lowest BCUT2D eigenvalue weighted by atomic mass is 10.0. The molecule has 1 aliphatic rings. The van der Waals surface area contributed by atoms with Gasteiger partial charge in [-0.05, 0) is 57.0 Å². The van der Waals surface area contributed by atoms with Crippen LogP contribution in [0.5, 0.6) is 11.5 Å². The van der Waals surface area contributed by atoms with Gasteiger partial charge in [0.1, 0.15) is 11.5 Å². The van der Waals surface area contributed by atoms with Crippen molar-refractivity contribution in [3.05, 3.63) is 58.7 Å². The summed E-state index contributed by atoms with van der Waals surface area (Å²) in [5.74, 6) is 1.12. The SMILES string of the molecule is COc1ccc(OC)c(C2CCCN2C(=O)CNC(=O)c2cc(C)cc(C)c2)c1. The first-order valence-corrected chi connectivity index (χ1v) is 9.81. The first-order chi connectivity index (χ1) is 13.9. The van der Waals surface area contributed by atoms with Crippen LogP contribution in [0.3, 0.4) is 0 Å². The molecule has 0 radical (unpaired) electrons. The molecule has 1 aliphatic heterocycles. The summed E-state index contributed by atoms with van der Waals surface area (Å²) in [6.07, 6.45) is 1.75. The average Bonchev–Trinajstić information content (AvgIpc) is 3.20. The fourth-order valence-electron chi connectivity index (χ4n) is 3.95. The summed E-state index contributed by atoms with van der Waals surface area (Å²) in [5, 5.41) is 2.77. The van der Waals surface area contributed by atoms with Gasteiger partial charge in [0, 0.05) is 17.7 Å². The molecule has 1 saturated heterocycles. The number of aryl methyl sites for hydroxylation is 2. The van der Waals surface area contributed by atoms with E-state index in [0.29, 0.717) is 12.1 Å². The van der Waals surface area contributed by atoms with Gasteiger partial charge in [0.05, 0.1) is 26.8 Å². The standard InChI is InChI=1S/C23H28N2O4/c1-15-10-16(2)12-17(11-15)23(27)24-14-22(26)25-9-5-6-20(25)19-13-18(28-3)7-8-21(19)29-4/h7-8,10-13,20H,5-6,9,14H2,1-4H3,(H,24,27). The van der Waals surface area contributed by atoms with Gasteiger partial charge >= 0.3 is 0 Å². The summed E-state index contributed by atoms with van der Waals surface area (Å²) in [5.41, 5.74) is 3.54. The van der Waals surface area contributed by atoms with Gasteiger partial charge in [0.25, 0.3) is 5.91 Å². The van der Waals surface area contributed by atoms with Gasteiger partial charge in [-0.3, -0.25) is 9.59 Å². The van der Waals surface area contributed by atoms with Gasteiger partial charge in [-0.2, -0.15) is 0 Å². The summed E-state index contributed by atoms with van der Waals surface area (Å²) >= 11 is 0. The summed E-state index contributed by atoms with van der Waals surface area (Å²) < 4.78 is 10.8. The number of nitrogens with zero attached hydrogens (tertiary/aromatic N) is 1. The van der Waals surface area contributed by atoms with Crippen LogP contribution in [-0.4, -0.2) is 44.0 Å². The van der Waals surface area contributed by atoms with Crippen molar-refractivity contribution < 1.29 is 19.1 Å². The Balaban J connectivity index is 1.71. The molecule has 154 valence electrons. The van der Waals surface area contributed by atoms with Crippen LogP contribution in [-0.2, 0) is 4.79 Å². The molecule has 2 amide bonds. The van der Waals surface area contributed by atoms with Gasteiger partial charge in [0.2, 0.25) is 5.91 Å². The summed E-state index contributed by atoms with van der Waals surface area (Å²) in [6.45, 7) is 4.52. The molecular formula is C23H28N2O4. The number of ether oxygens (including phenoxy) is 2. The molecule has 0 bridgehead atoms. The minimum Gasteiger partial charge on any atom is -0.497 e. The lowest BCUT2D eigenvalue weighted by Gasteiger charge is -2.27. The van der Waals surface area contributed by atoms with Gasteiger partial charge in [-0.25, -0.2) is 0 Å². The van der Waals surface area contributed by atoms with E-state index in [1.807, 2.05) is 55.1 Å². The Kier molecular flexibility index (Phi) is 6.42. The Morgan fingerprint density at radius 2 is 1.79 bits per heavy atom. The Hall–Kier alpha value is -3.02. The summed E-state index contributed by atoms with van der Waals surface area (Å²) in [4.78, 5) is 27.2. The number of rotatable bonds is 6. The molecule has 0 aromatic heterocycles. The number of carbonyl (C=O) groups is 2. The zero-order valence-corrected chi connectivity index (χ0v) is 17.5. The monoisotopic (exact) mass is 396 g/mol. The Morgan fingerprint density at radius 3 is 2.45 bits per heavy atom. The van der Waals surface area contributed by atoms with E-state index in [-0.39, 0.29) is 24.4 Å². The van der Waals surface area contributed by atoms with Crippen LogP contribution in [0.15, 0.2) is 36.4 Å². The van der Waals surface area contributed by atoms with E-state index in [1.54, 1.807) is 14.2 Å². The third kappa shape index (κ3) is 4.70. The van der Waals surface area contributed by atoms with Crippen molar-refractivity contribution in [3.8, 4) is 11.5 Å². The Labute approximate surface area is 171 Å². The van der Waals surface area contributed by atoms with Crippen LogP contribution in [0.2, 0.25) is 0 Å². The topological polar surface area (TPSA) is 67.9 Å². The Bertz CT molecular complexity index is 889. The number of nitrogens with one attached hydrogen (secondary N) is 1. The normalized spacial score (nSPS) is 15.9. The maximum Gasteiger partial charge on any atom is 0.251 e. The molecule has 29 heavy (non-hydrogen) atoms.